The number of anilines is 2. The highest BCUT2D eigenvalue weighted by Crippen LogP contribution is 2.26. The predicted molar refractivity (Wildman–Crippen MR) is 125 cm³/mol. The standard InChI is InChI=1S/C24H24N2O6S/c1-17-8-10-18(11-9-17)26(33(29,30)20-14-12-19(31-2)13-15-20)16-23(27)25-22-7-5-4-6-21(22)24(28)32-3/h4-15H,16H2,1-3H3,(H,25,27). The molecule has 8 nitrogen and oxygen atoms in total. The Morgan fingerprint density at radius 2 is 1.55 bits per heavy atom. The van der Waals surface area contributed by atoms with Gasteiger partial charge in [-0.15, -0.1) is 0 Å². The van der Waals surface area contributed by atoms with Crippen molar-refractivity contribution in [1.82, 2.24) is 0 Å². The molecule has 0 saturated carbocycles. The SMILES string of the molecule is COC(=O)c1ccccc1NC(=O)CN(c1ccc(C)cc1)S(=O)(=O)c1ccc(OC)cc1. The lowest BCUT2D eigenvalue weighted by Crippen LogP contribution is -2.38. The second-order valence-electron chi connectivity index (χ2n) is 7.11. The van der Waals surface area contributed by atoms with Crippen LogP contribution < -0.4 is 14.4 Å². The summed E-state index contributed by atoms with van der Waals surface area (Å²) in [6, 6.07) is 19.0. The van der Waals surface area contributed by atoms with Gasteiger partial charge in [-0.3, -0.25) is 9.10 Å². The van der Waals surface area contributed by atoms with Crippen LogP contribution in [0.5, 0.6) is 5.75 Å². The molecule has 0 fully saturated rings. The first-order chi connectivity index (χ1) is 15.8. The number of amides is 1. The van der Waals surface area contributed by atoms with Gasteiger partial charge in [0.15, 0.2) is 0 Å². The number of rotatable bonds is 8. The van der Waals surface area contributed by atoms with Gasteiger partial charge in [0.05, 0.1) is 36.1 Å². The summed E-state index contributed by atoms with van der Waals surface area (Å²) in [6.45, 7) is 1.37. The Kier molecular flexibility index (Phi) is 7.34. The molecular weight excluding hydrogens is 444 g/mol. The Morgan fingerprint density at radius 3 is 2.15 bits per heavy atom. The maximum Gasteiger partial charge on any atom is 0.339 e. The molecule has 0 spiro atoms. The molecule has 0 atom stereocenters. The normalized spacial score (nSPS) is 10.9. The van der Waals surface area contributed by atoms with Crippen LogP contribution in [0.1, 0.15) is 15.9 Å². The summed E-state index contributed by atoms with van der Waals surface area (Å²) < 4.78 is 37.8. The average molecular weight is 469 g/mol. The molecule has 1 N–H and O–H groups in total. The highest BCUT2D eigenvalue weighted by atomic mass is 32.2. The van der Waals surface area contributed by atoms with Crippen molar-refractivity contribution >= 4 is 33.3 Å². The molecule has 33 heavy (non-hydrogen) atoms. The number of benzene rings is 3. The second kappa shape index (κ2) is 10.2. The zero-order valence-electron chi connectivity index (χ0n) is 18.4. The number of carbonyl (C=O) groups excluding carboxylic acids is 2. The molecule has 0 aliphatic heterocycles. The lowest BCUT2D eigenvalue weighted by atomic mass is 10.2. The number of nitrogens with zero attached hydrogens (tertiary/aromatic N) is 1. The summed E-state index contributed by atoms with van der Waals surface area (Å²) in [6.07, 6.45) is 0. The molecule has 3 aromatic rings. The van der Waals surface area contributed by atoms with Crippen LogP contribution >= 0.6 is 0 Å². The van der Waals surface area contributed by atoms with Crippen molar-refractivity contribution in [1.29, 1.82) is 0 Å². The molecule has 9 heteroatoms. The Labute approximate surface area is 192 Å². The zero-order chi connectivity index (χ0) is 24.0. The number of sulfonamides is 1. The van der Waals surface area contributed by atoms with Crippen LogP contribution in [-0.2, 0) is 19.6 Å². The first-order valence-corrected chi connectivity index (χ1v) is 11.4. The van der Waals surface area contributed by atoms with Gasteiger partial charge in [-0.25, -0.2) is 13.2 Å². The molecular formula is C24H24N2O6S. The molecule has 0 unspecified atom stereocenters. The summed E-state index contributed by atoms with van der Waals surface area (Å²) in [7, 11) is -1.36. The fourth-order valence-corrected chi connectivity index (χ4v) is 4.52. The van der Waals surface area contributed by atoms with E-state index in [4.69, 9.17) is 9.47 Å². The van der Waals surface area contributed by atoms with E-state index in [1.54, 1.807) is 42.5 Å². The van der Waals surface area contributed by atoms with Crippen molar-refractivity contribution in [2.45, 2.75) is 11.8 Å². The fraction of sp³-hybridized carbons (Fsp3) is 0.167. The van der Waals surface area contributed by atoms with Crippen molar-refractivity contribution in [3.05, 3.63) is 83.9 Å². The first-order valence-electron chi connectivity index (χ1n) is 9.97. The van der Waals surface area contributed by atoms with E-state index in [0.29, 0.717) is 11.4 Å². The molecule has 0 aliphatic carbocycles. The van der Waals surface area contributed by atoms with E-state index < -0.39 is 28.4 Å². The Bertz CT molecular complexity index is 1240. The molecule has 0 saturated heterocycles. The minimum Gasteiger partial charge on any atom is -0.497 e. The first kappa shape index (κ1) is 23.8. The van der Waals surface area contributed by atoms with E-state index in [9.17, 15) is 18.0 Å². The number of methoxy groups -OCH3 is 2. The van der Waals surface area contributed by atoms with Crippen molar-refractivity contribution in [2.24, 2.45) is 0 Å². The zero-order valence-corrected chi connectivity index (χ0v) is 19.3. The molecule has 0 bridgehead atoms. The highest BCUT2D eigenvalue weighted by Gasteiger charge is 2.28. The van der Waals surface area contributed by atoms with Crippen LogP contribution in [0.3, 0.4) is 0 Å². The van der Waals surface area contributed by atoms with E-state index in [-0.39, 0.29) is 16.1 Å². The summed E-state index contributed by atoms with van der Waals surface area (Å²) in [4.78, 5) is 24.9. The third-order valence-electron chi connectivity index (χ3n) is 4.86. The van der Waals surface area contributed by atoms with E-state index in [2.05, 4.69) is 5.32 Å². The van der Waals surface area contributed by atoms with Crippen LogP contribution in [0, 0.1) is 6.92 Å². The van der Waals surface area contributed by atoms with E-state index >= 15 is 0 Å². The van der Waals surface area contributed by atoms with Gasteiger partial charge in [0.25, 0.3) is 10.0 Å². The molecule has 172 valence electrons. The predicted octanol–water partition coefficient (Wildman–Crippen LogP) is 3.62. The molecule has 0 aliphatic rings. The van der Waals surface area contributed by atoms with Gasteiger partial charge in [-0.2, -0.15) is 0 Å². The monoisotopic (exact) mass is 468 g/mol. The van der Waals surface area contributed by atoms with Gasteiger partial charge in [-0.1, -0.05) is 29.8 Å². The summed E-state index contributed by atoms with van der Waals surface area (Å²) in [5.41, 5.74) is 1.65. The Balaban J connectivity index is 1.95. The number of hydrogen-bond acceptors (Lipinski definition) is 6. The number of hydrogen-bond donors (Lipinski definition) is 1. The lowest BCUT2D eigenvalue weighted by molar-refractivity contribution is -0.114. The van der Waals surface area contributed by atoms with Gasteiger partial charge < -0.3 is 14.8 Å². The van der Waals surface area contributed by atoms with Crippen molar-refractivity contribution in [3.8, 4) is 5.75 Å². The molecule has 1 amide bonds. The summed E-state index contributed by atoms with van der Waals surface area (Å²) in [5.74, 6) is -0.732. The van der Waals surface area contributed by atoms with Crippen LogP contribution in [0.4, 0.5) is 11.4 Å². The average Bonchev–Trinajstić information content (AvgIpc) is 2.83. The third-order valence-corrected chi connectivity index (χ3v) is 6.65. The number of nitrogens with one attached hydrogen (secondary N) is 1. The quantitative estimate of drug-likeness (QED) is 0.507. The summed E-state index contributed by atoms with van der Waals surface area (Å²) >= 11 is 0. The number of para-hydroxylation sites is 1. The highest BCUT2D eigenvalue weighted by molar-refractivity contribution is 7.92. The number of ether oxygens (including phenoxy) is 2. The molecule has 3 rings (SSSR count). The van der Waals surface area contributed by atoms with Gasteiger partial charge >= 0.3 is 5.97 Å². The number of esters is 1. The van der Waals surface area contributed by atoms with Crippen molar-refractivity contribution in [2.75, 3.05) is 30.4 Å². The van der Waals surface area contributed by atoms with Crippen LogP contribution in [-0.4, -0.2) is 41.1 Å². The molecule has 0 radical (unpaired) electrons. The minimum atomic E-state index is -4.09. The van der Waals surface area contributed by atoms with E-state index in [1.807, 2.05) is 6.92 Å². The third kappa shape index (κ3) is 5.50. The smallest absolute Gasteiger partial charge is 0.339 e. The largest absolute Gasteiger partial charge is 0.497 e. The number of aryl methyl sites for hydroxylation is 1. The maximum atomic E-state index is 13.5. The van der Waals surface area contributed by atoms with Crippen molar-refractivity contribution < 1.29 is 27.5 Å². The molecule has 0 aromatic heterocycles. The Hall–Kier alpha value is -3.85. The lowest BCUT2D eigenvalue weighted by Gasteiger charge is -2.24. The van der Waals surface area contributed by atoms with Gasteiger partial charge in [-0.05, 0) is 55.5 Å². The fourth-order valence-electron chi connectivity index (χ4n) is 3.10. The second-order valence-corrected chi connectivity index (χ2v) is 8.97. The summed E-state index contributed by atoms with van der Waals surface area (Å²) in [5, 5.41) is 2.61. The van der Waals surface area contributed by atoms with Crippen molar-refractivity contribution in [3.63, 3.8) is 0 Å². The van der Waals surface area contributed by atoms with Gasteiger partial charge in [0.2, 0.25) is 5.91 Å². The van der Waals surface area contributed by atoms with E-state index in [0.717, 1.165) is 9.87 Å². The topological polar surface area (TPSA) is 102 Å². The van der Waals surface area contributed by atoms with Gasteiger partial charge in [0, 0.05) is 0 Å². The minimum absolute atomic E-state index is 0.00614. The van der Waals surface area contributed by atoms with Crippen LogP contribution in [0.15, 0.2) is 77.7 Å². The number of carbonyl (C=O) groups is 2. The van der Waals surface area contributed by atoms with E-state index in [1.165, 1.54) is 44.6 Å². The molecule has 3 aromatic carbocycles. The van der Waals surface area contributed by atoms with Crippen LogP contribution in [0.2, 0.25) is 0 Å². The van der Waals surface area contributed by atoms with Gasteiger partial charge in [0.1, 0.15) is 12.3 Å². The molecule has 0 heterocycles. The maximum absolute atomic E-state index is 13.5. The van der Waals surface area contributed by atoms with Crippen LogP contribution in [0.25, 0.3) is 0 Å². The Morgan fingerprint density at radius 1 is 0.909 bits per heavy atom.